The Balaban J connectivity index is 0.00000108. The van der Waals surface area contributed by atoms with Crippen molar-refractivity contribution in [3.63, 3.8) is 0 Å². The number of guanidine groups is 1. The van der Waals surface area contributed by atoms with E-state index < -0.39 is 0 Å². The van der Waals surface area contributed by atoms with Crippen LogP contribution in [-0.2, 0) is 0 Å². The summed E-state index contributed by atoms with van der Waals surface area (Å²) in [6.07, 6.45) is 9.75. The summed E-state index contributed by atoms with van der Waals surface area (Å²) in [4.78, 5) is 4.45. The molecule has 2 atom stereocenters. The maximum Gasteiger partial charge on any atom is 0.188 e. The van der Waals surface area contributed by atoms with Crippen molar-refractivity contribution < 1.29 is 0 Å². The van der Waals surface area contributed by atoms with Crippen LogP contribution in [0.4, 0.5) is 0 Å². The van der Waals surface area contributed by atoms with Crippen LogP contribution in [0.5, 0.6) is 0 Å². The summed E-state index contributed by atoms with van der Waals surface area (Å²) in [6, 6.07) is 0.649. The Labute approximate surface area is 121 Å². The minimum atomic E-state index is 0. The third-order valence-electron chi connectivity index (χ3n) is 4.67. The summed E-state index contributed by atoms with van der Waals surface area (Å²) in [5.74, 6) is 3.42. The van der Waals surface area contributed by atoms with E-state index in [1.54, 1.807) is 0 Å². The average Bonchev–Trinajstić information content (AvgIpc) is 2.78. The van der Waals surface area contributed by atoms with Gasteiger partial charge < -0.3 is 11.1 Å². The molecule has 3 aliphatic carbocycles. The van der Waals surface area contributed by atoms with Crippen molar-refractivity contribution in [3.05, 3.63) is 0 Å². The number of hydrogen-bond acceptors (Lipinski definition) is 1. The lowest BCUT2D eigenvalue weighted by molar-refractivity contribution is 0.271. The molecule has 0 aromatic carbocycles. The topological polar surface area (TPSA) is 50.4 Å². The number of aliphatic imine (C=N–C) groups is 1. The van der Waals surface area contributed by atoms with Crippen LogP contribution in [0.3, 0.4) is 0 Å². The van der Waals surface area contributed by atoms with Gasteiger partial charge in [0.1, 0.15) is 0 Å². The molecule has 3 saturated carbocycles. The molecule has 0 aromatic rings. The standard InChI is InChI=1S/C13H23N3.HI/c14-13(15-8-9-3-1-4-9)16-12-7-11(12)10-5-2-6-10;/h9-12H,1-8H2,(H3,14,15,16);1H/t11-,12+;/m0./s1. The number of hydrogen-bond donors (Lipinski definition) is 2. The van der Waals surface area contributed by atoms with E-state index in [0.29, 0.717) is 12.0 Å². The van der Waals surface area contributed by atoms with Gasteiger partial charge in [0.2, 0.25) is 0 Å². The molecular weight excluding hydrogens is 325 g/mol. The van der Waals surface area contributed by atoms with Crippen LogP contribution in [0.25, 0.3) is 0 Å². The fourth-order valence-electron chi connectivity index (χ4n) is 2.91. The molecule has 0 spiro atoms. The summed E-state index contributed by atoms with van der Waals surface area (Å²) in [5.41, 5.74) is 5.90. The molecule has 3 aliphatic rings. The zero-order valence-electron chi connectivity index (χ0n) is 10.4. The molecule has 0 radical (unpaired) electrons. The lowest BCUT2D eigenvalue weighted by Crippen LogP contribution is -2.36. The van der Waals surface area contributed by atoms with Crippen molar-refractivity contribution in [1.29, 1.82) is 0 Å². The summed E-state index contributed by atoms with van der Waals surface area (Å²) in [6.45, 7) is 0.944. The largest absolute Gasteiger partial charge is 0.370 e. The van der Waals surface area contributed by atoms with Crippen LogP contribution in [-0.4, -0.2) is 18.5 Å². The Morgan fingerprint density at radius 3 is 2.41 bits per heavy atom. The minimum Gasteiger partial charge on any atom is -0.370 e. The minimum absolute atomic E-state index is 0. The van der Waals surface area contributed by atoms with E-state index in [4.69, 9.17) is 5.73 Å². The van der Waals surface area contributed by atoms with E-state index in [-0.39, 0.29) is 24.0 Å². The number of nitrogens with two attached hydrogens (primary N) is 1. The van der Waals surface area contributed by atoms with Gasteiger partial charge in [-0.25, -0.2) is 0 Å². The highest BCUT2D eigenvalue weighted by Crippen LogP contribution is 2.46. The van der Waals surface area contributed by atoms with Gasteiger partial charge in [-0.2, -0.15) is 0 Å². The van der Waals surface area contributed by atoms with Gasteiger partial charge >= 0.3 is 0 Å². The van der Waals surface area contributed by atoms with Gasteiger partial charge in [-0.15, -0.1) is 24.0 Å². The molecule has 0 aromatic heterocycles. The molecule has 0 amide bonds. The van der Waals surface area contributed by atoms with Crippen LogP contribution in [0.15, 0.2) is 4.99 Å². The average molecular weight is 349 g/mol. The van der Waals surface area contributed by atoms with Gasteiger partial charge in [0.15, 0.2) is 5.96 Å². The molecule has 0 bridgehead atoms. The molecule has 0 heterocycles. The van der Waals surface area contributed by atoms with E-state index in [1.165, 1.54) is 44.9 Å². The van der Waals surface area contributed by atoms with Crippen molar-refractivity contribution in [3.8, 4) is 0 Å². The molecule has 3 N–H and O–H groups in total. The van der Waals surface area contributed by atoms with Crippen molar-refractivity contribution in [2.75, 3.05) is 6.54 Å². The second-order valence-corrected chi connectivity index (χ2v) is 5.86. The highest BCUT2D eigenvalue weighted by Gasteiger charge is 2.45. The van der Waals surface area contributed by atoms with E-state index in [1.807, 2.05) is 0 Å². The molecular formula is C13H24IN3. The molecule has 17 heavy (non-hydrogen) atoms. The van der Waals surface area contributed by atoms with Gasteiger partial charge in [0, 0.05) is 12.6 Å². The second-order valence-electron chi connectivity index (χ2n) is 5.86. The Hall–Kier alpha value is 0. The zero-order valence-corrected chi connectivity index (χ0v) is 12.7. The van der Waals surface area contributed by atoms with Gasteiger partial charge in [0.05, 0.1) is 0 Å². The predicted octanol–water partition coefficient (Wildman–Crippen LogP) is 2.50. The van der Waals surface area contributed by atoms with E-state index in [9.17, 15) is 0 Å². The molecule has 3 rings (SSSR count). The third-order valence-corrected chi connectivity index (χ3v) is 4.67. The summed E-state index contributed by atoms with van der Waals surface area (Å²) in [5, 5.41) is 3.38. The highest BCUT2D eigenvalue weighted by molar-refractivity contribution is 14.0. The lowest BCUT2D eigenvalue weighted by Gasteiger charge is -2.25. The molecule has 0 saturated heterocycles. The molecule has 0 aliphatic heterocycles. The maximum absolute atomic E-state index is 5.90. The number of halogens is 1. The van der Waals surface area contributed by atoms with Gasteiger partial charge in [-0.3, -0.25) is 4.99 Å². The summed E-state index contributed by atoms with van der Waals surface area (Å²) >= 11 is 0. The predicted molar refractivity (Wildman–Crippen MR) is 81.6 cm³/mol. The van der Waals surface area contributed by atoms with Gasteiger partial charge in [0.25, 0.3) is 0 Å². The number of rotatable bonds is 4. The van der Waals surface area contributed by atoms with Crippen LogP contribution >= 0.6 is 24.0 Å². The maximum atomic E-state index is 5.90. The first-order valence-corrected chi connectivity index (χ1v) is 6.89. The molecule has 98 valence electrons. The fourth-order valence-corrected chi connectivity index (χ4v) is 2.91. The van der Waals surface area contributed by atoms with Crippen LogP contribution in [0.2, 0.25) is 0 Å². The molecule has 4 heteroatoms. The zero-order chi connectivity index (χ0) is 11.0. The van der Waals surface area contributed by atoms with Crippen LogP contribution in [0, 0.1) is 17.8 Å². The molecule has 3 nitrogen and oxygen atoms in total. The van der Waals surface area contributed by atoms with Crippen molar-refractivity contribution in [2.24, 2.45) is 28.5 Å². The van der Waals surface area contributed by atoms with Gasteiger partial charge in [-0.05, 0) is 37.0 Å². The monoisotopic (exact) mass is 349 g/mol. The summed E-state index contributed by atoms with van der Waals surface area (Å²) in [7, 11) is 0. The Kier molecular flexibility index (Phi) is 4.55. The molecule has 3 fully saturated rings. The first kappa shape index (κ1) is 13.4. The fraction of sp³-hybridized carbons (Fsp3) is 0.923. The Morgan fingerprint density at radius 1 is 1.18 bits per heavy atom. The molecule has 0 unspecified atom stereocenters. The van der Waals surface area contributed by atoms with Crippen molar-refractivity contribution in [1.82, 2.24) is 5.32 Å². The van der Waals surface area contributed by atoms with Crippen LogP contribution in [0.1, 0.15) is 44.9 Å². The van der Waals surface area contributed by atoms with Gasteiger partial charge in [-0.1, -0.05) is 25.7 Å². The first-order chi connectivity index (χ1) is 7.83. The smallest absolute Gasteiger partial charge is 0.188 e. The van der Waals surface area contributed by atoms with E-state index >= 15 is 0 Å². The van der Waals surface area contributed by atoms with E-state index in [2.05, 4.69) is 10.3 Å². The number of nitrogens with one attached hydrogen (secondary N) is 1. The highest BCUT2D eigenvalue weighted by atomic mass is 127. The third kappa shape index (κ3) is 3.26. The quantitative estimate of drug-likeness (QED) is 0.466. The normalized spacial score (nSPS) is 33.3. The van der Waals surface area contributed by atoms with Crippen molar-refractivity contribution >= 4 is 29.9 Å². The Morgan fingerprint density at radius 2 is 1.88 bits per heavy atom. The first-order valence-electron chi connectivity index (χ1n) is 6.89. The second kappa shape index (κ2) is 5.76. The SMILES string of the molecule is I.NC(=NCC1CCC1)N[C@@H]1C[C@H]1C1CCC1. The van der Waals surface area contributed by atoms with Crippen LogP contribution < -0.4 is 11.1 Å². The van der Waals surface area contributed by atoms with Crippen molar-refractivity contribution in [2.45, 2.75) is 51.0 Å². The number of nitrogens with zero attached hydrogens (tertiary/aromatic N) is 1. The Bertz CT molecular complexity index is 284. The lowest BCUT2D eigenvalue weighted by atomic mass is 9.81. The van der Waals surface area contributed by atoms with E-state index in [0.717, 1.165) is 24.3 Å². The summed E-state index contributed by atoms with van der Waals surface area (Å²) < 4.78 is 0.